The Hall–Kier alpha value is -15.2. The molecule has 0 atom stereocenters. The third kappa shape index (κ3) is 13.3. The number of benzene rings is 17. The Morgan fingerprint density at radius 2 is 0.395 bits per heavy atom. The van der Waals surface area contributed by atoms with Crippen molar-refractivity contribution in [2.75, 3.05) is 0 Å². The van der Waals surface area contributed by atoms with Crippen LogP contribution in [0.25, 0.3) is 210 Å². The van der Waals surface area contributed by atoms with E-state index in [9.17, 15) is 0 Å². The number of hydrogen-bond acceptors (Lipinski definition) is 6. The van der Waals surface area contributed by atoms with E-state index in [0.29, 0.717) is 11.6 Å². The van der Waals surface area contributed by atoms with Gasteiger partial charge in [-0.15, -0.1) is 0 Å². The Morgan fingerprint density at radius 3 is 0.772 bits per heavy atom. The quantitative estimate of drug-likeness (QED) is 0.107. The summed E-state index contributed by atoms with van der Waals surface area (Å²) in [7, 11) is 0. The minimum absolute atomic E-state index is 0.678. The molecule has 17 aromatic carbocycles. The molecule has 0 aliphatic heterocycles. The highest BCUT2D eigenvalue weighted by Gasteiger charge is 2.22. The fourth-order valence-corrected chi connectivity index (χ4v) is 16.4. The molecule has 0 saturated heterocycles. The first-order valence-electron chi connectivity index (χ1n) is 38.6. The van der Waals surface area contributed by atoms with E-state index in [-0.39, 0.29) is 0 Å². The summed E-state index contributed by atoms with van der Waals surface area (Å²) in [5.74, 6) is 1.36. The van der Waals surface area contributed by atoms with Gasteiger partial charge in [-0.25, -0.2) is 19.9 Å². The predicted octanol–water partition coefficient (Wildman–Crippen LogP) is 28.3. The molecule has 114 heavy (non-hydrogen) atoms. The standard InChI is InChI=1S/C55H35N3.C53H35N3/c1-3-13-40-31-42(28-24-36(40)11-1)52-34-51(39-26-22-38(23-27-39)46-17-10-30-56-35-46)57-55(58-52)45-16-9-15-43(33-45)53-47-18-5-7-20-49(47)54(50-21-8-6-19-48(50)53)44-29-25-37-12-2-4-14-41(37)32-44;1-3-13-36(14-4-1)37-24-28-39(29-25-37)49-34-50(40-30-26-38(27-31-40)44-19-12-32-54-35-44)56-53(55-49)43-18-11-17-42(33-43)52-47-22-9-7-20-45(47)51(41-15-5-2-6-16-41)46-21-8-10-23-48(46)52/h1-35H;1-35H. The van der Waals surface area contributed by atoms with E-state index in [0.717, 1.165) is 89.5 Å². The normalized spacial score (nSPS) is 11.3. The topological polar surface area (TPSA) is 77.3 Å². The van der Waals surface area contributed by atoms with Crippen LogP contribution in [0.4, 0.5) is 0 Å². The third-order valence-corrected chi connectivity index (χ3v) is 21.9. The molecule has 21 rings (SSSR count). The van der Waals surface area contributed by atoms with E-state index in [4.69, 9.17) is 19.9 Å². The summed E-state index contributed by atoms with van der Waals surface area (Å²) >= 11 is 0. The first-order chi connectivity index (χ1) is 56.5. The second-order valence-corrected chi connectivity index (χ2v) is 28.8. The molecule has 532 valence electrons. The van der Waals surface area contributed by atoms with Crippen molar-refractivity contribution in [3.8, 4) is 146 Å². The van der Waals surface area contributed by atoms with Crippen molar-refractivity contribution in [2.24, 2.45) is 0 Å². The summed E-state index contributed by atoms with van der Waals surface area (Å²) in [5, 5.41) is 14.6. The zero-order valence-electron chi connectivity index (χ0n) is 62.1. The van der Waals surface area contributed by atoms with Gasteiger partial charge in [0, 0.05) is 58.2 Å². The molecule has 6 heteroatoms. The smallest absolute Gasteiger partial charge is 0.160 e. The van der Waals surface area contributed by atoms with Gasteiger partial charge in [-0.3, -0.25) is 9.97 Å². The van der Waals surface area contributed by atoms with Crippen molar-refractivity contribution in [3.05, 3.63) is 425 Å². The van der Waals surface area contributed by atoms with Crippen molar-refractivity contribution < 1.29 is 0 Å². The van der Waals surface area contributed by atoms with Crippen LogP contribution >= 0.6 is 0 Å². The van der Waals surface area contributed by atoms with Crippen molar-refractivity contribution >= 4 is 64.6 Å². The monoisotopic (exact) mass is 1450 g/mol. The minimum atomic E-state index is 0.678. The van der Waals surface area contributed by atoms with Crippen molar-refractivity contribution in [2.45, 2.75) is 0 Å². The summed E-state index contributed by atoms with van der Waals surface area (Å²) < 4.78 is 0. The lowest BCUT2D eigenvalue weighted by Crippen LogP contribution is -1.97. The summed E-state index contributed by atoms with van der Waals surface area (Å²) in [5.41, 5.74) is 25.8. The molecule has 0 spiro atoms. The van der Waals surface area contributed by atoms with Gasteiger partial charge in [0.1, 0.15) is 0 Å². The van der Waals surface area contributed by atoms with Gasteiger partial charge in [0.15, 0.2) is 11.6 Å². The van der Waals surface area contributed by atoms with Crippen LogP contribution in [0, 0.1) is 0 Å². The van der Waals surface area contributed by atoms with Crippen molar-refractivity contribution in [1.29, 1.82) is 0 Å². The summed E-state index contributed by atoms with van der Waals surface area (Å²) in [6, 6.07) is 142. The van der Waals surface area contributed by atoms with Crippen LogP contribution in [0.1, 0.15) is 0 Å². The van der Waals surface area contributed by atoms with Gasteiger partial charge in [-0.1, -0.05) is 352 Å². The van der Waals surface area contributed by atoms with Crippen LogP contribution in [0.3, 0.4) is 0 Å². The molecule has 4 heterocycles. The minimum Gasteiger partial charge on any atom is -0.264 e. The van der Waals surface area contributed by atoms with Gasteiger partial charge in [-0.05, 0) is 191 Å². The van der Waals surface area contributed by atoms with Crippen LogP contribution in [0.15, 0.2) is 425 Å². The number of rotatable bonds is 13. The van der Waals surface area contributed by atoms with Crippen LogP contribution < -0.4 is 0 Å². The van der Waals surface area contributed by atoms with Gasteiger partial charge in [0.25, 0.3) is 0 Å². The fraction of sp³-hybridized carbons (Fsp3) is 0. The highest BCUT2D eigenvalue weighted by atomic mass is 14.9. The largest absolute Gasteiger partial charge is 0.264 e. The SMILES string of the molecule is c1ccc(-c2ccc(-c3cc(-c4ccc(-c5cccnc5)cc4)nc(-c4cccc(-c5c6ccccc6c(-c6ccccc6)c6ccccc56)c4)n3)cc2)cc1.c1cncc(-c2ccc(-c3cc(-c4ccc5ccccc5c4)nc(-c4cccc(-c5c6ccccc6c(-c6ccc7ccccc7c6)c6ccccc56)c4)n3)cc2)c1. The Kier molecular flexibility index (Phi) is 17.9. The van der Waals surface area contributed by atoms with Gasteiger partial charge < -0.3 is 0 Å². The summed E-state index contributed by atoms with van der Waals surface area (Å²) in [6.07, 6.45) is 7.39. The van der Waals surface area contributed by atoms with E-state index < -0.39 is 0 Å². The van der Waals surface area contributed by atoms with Crippen LogP contribution in [0.5, 0.6) is 0 Å². The van der Waals surface area contributed by atoms with Gasteiger partial charge in [0.05, 0.1) is 22.8 Å². The molecule has 0 unspecified atom stereocenters. The van der Waals surface area contributed by atoms with E-state index in [2.05, 4.69) is 392 Å². The number of aromatic nitrogens is 6. The first-order valence-corrected chi connectivity index (χ1v) is 38.6. The van der Waals surface area contributed by atoms with Gasteiger partial charge in [-0.2, -0.15) is 0 Å². The third-order valence-electron chi connectivity index (χ3n) is 21.9. The first kappa shape index (κ1) is 68.1. The highest BCUT2D eigenvalue weighted by molar-refractivity contribution is 6.23. The van der Waals surface area contributed by atoms with Gasteiger partial charge in [0.2, 0.25) is 0 Å². The van der Waals surface area contributed by atoms with E-state index in [1.807, 2.05) is 30.6 Å². The molecular formula is C108H70N6. The van der Waals surface area contributed by atoms with Crippen molar-refractivity contribution in [3.63, 3.8) is 0 Å². The molecule has 0 bridgehead atoms. The Morgan fingerprint density at radius 1 is 0.140 bits per heavy atom. The molecule has 0 N–H and O–H groups in total. The van der Waals surface area contributed by atoms with Crippen LogP contribution in [-0.4, -0.2) is 29.9 Å². The molecule has 21 aromatic rings. The molecule has 0 aliphatic carbocycles. The zero-order chi connectivity index (χ0) is 75.7. The average molecular weight is 1450 g/mol. The summed E-state index contributed by atoms with van der Waals surface area (Å²) in [6.45, 7) is 0. The number of fused-ring (bicyclic) bond motifs is 6. The lowest BCUT2D eigenvalue weighted by Gasteiger charge is -2.18. The van der Waals surface area contributed by atoms with E-state index in [1.54, 1.807) is 12.4 Å². The lowest BCUT2D eigenvalue weighted by atomic mass is 9.85. The second kappa shape index (κ2) is 30.0. The lowest BCUT2D eigenvalue weighted by molar-refractivity contribution is 1.18. The maximum Gasteiger partial charge on any atom is 0.160 e. The van der Waals surface area contributed by atoms with E-state index in [1.165, 1.54) is 109 Å². The molecular weight excluding hydrogens is 1380 g/mol. The second-order valence-electron chi connectivity index (χ2n) is 28.8. The zero-order valence-corrected chi connectivity index (χ0v) is 62.1. The number of hydrogen-bond donors (Lipinski definition) is 0. The van der Waals surface area contributed by atoms with E-state index >= 15 is 0 Å². The van der Waals surface area contributed by atoms with Crippen LogP contribution in [0.2, 0.25) is 0 Å². The molecule has 4 aromatic heterocycles. The van der Waals surface area contributed by atoms with Gasteiger partial charge >= 0.3 is 0 Å². The molecule has 0 saturated carbocycles. The predicted molar refractivity (Wildman–Crippen MR) is 475 cm³/mol. The Bertz CT molecular complexity index is 6960. The average Bonchev–Trinajstić information content (AvgIpc) is 0.737. The molecule has 0 fully saturated rings. The highest BCUT2D eigenvalue weighted by Crippen LogP contribution is 2.47. The molecule has 6 nitrogen and oxygen atoms in total. The number of nitrogens with zero attached hydrogens (tertiary/aromatic N) is 6. The fourth-order valence-electron chi connectivity index (χ4n) is 16.4. The number of pyridine rings is 2. The maximum absolute atomic E-state index is 5.29. The Labute approximate surface area is 661 Å². The summed E-state index contributed by atoms with van der Waals surface area (Å²) in [4.78, 5) is 29.7. The van der Waals surface area contributed by atoms with Crippen LogP contribution in [-0.2, 0) is 0 Å². The van der Waals surface area contributed by atoms with Crippen molar-refractivity contribution in [1.82, 2.24) is 29.9 Å². The molecule has 0 amide bonds. The molecule has 0 aliphatic rings. The Balaban J connectivity index is 0.000000148. The maximum atomic E-state index is 5.29. The molecule has 0 radical (unpaired) electrons.